The van der Waals surface area contributed by atoms with E-state index in [0.29, 0.717) is 22.5 Å². The van der Waals surface area contributed by atoms with E-state index < -0.39 is 16.1 Å². The van der Waals surface area contributed by atoms with Crippen LogP contribution in [0.25, 0.3) is 10.9 Å². The molecule has 2 aromatic heterocycles. The van der Waals surface area contributed by atoms with E-state index in [-0.39, 0.29) is 23.1 Å². The van der Waals surface area contributed by atoms with Crippen molar-refractivity contribution in [2.45, 2.75) is 25.3 Å². The summed E-state index contributed by atoms with van der Waals surface area (Å²) >= 11 is 0. The van der Waals surface area contributed by atoms with Crippen LogP contribution in [0.2, 0.25) is 0 Å². The number of hydrogen-bond acceptors (Lipinski definition) is 9. The lowest BCUT2D eigenvalue weighted by molar-refractivity contribution is 0.112. The van der Waals surface area contributed by atoms with E-state index in [1.807, 2.05) is 48.8 Å². The number of primary sulfonamides is 1. The van der Waals surface area contributed by atoms with Gasteiger partial charge in [-0.15, -0.1) is 0 Å². The van der Waals surface area contributed by atoms with Crippen molar-refractivity contribution in [3.63, 3.8) is 0 Å². The van der Waals surface area contributed by atoms with E-state index in [2.05, 4.69) is 15.1 Å². The van der Waals surface area contributed by atoms with E-state index in [4.69, 9.17) is 9.88 Å². The summed E-state index contributed by atoms with van der Waals surface area (Å²) in [6.07, 6.45) is 1.36. The van der Waals surface area contributed by atoms with Gasteiger partial charge in [-0.25, -0.2) is 28.2 Å². The minimum Gasteiger partial charge on any atom is -0.444 e. The maximum atomic E-state index is 13.6. The lowest BCUT2D eigenvalue weighted by Gasteiger charge is -2.24. The van der Waals surface area contributed by atoms with Crippen LogP contribution in [0, 0.1) is 13.8 Å². The average Bonchev–Trinajstić information content (AvgIpc) is 3.28. The van der Waals surface area contributed by atoms with Crippen LogP contribution in [-0.4, -0.2) is 47.6 Å². The van der Waals surface area contributed by atoms with Crippen molar-refractivity contribution in [1.82, 2.24) is 19.7 Å². The zero-order valence-electron chi connectivity index (χ0n) is 23.9. The van der Waals surface area contributed by atoms with Gasteiger partial charge in [0.25, 0.3) is 0 Å². The number of aryl methyl sites for hydroxylation is 3. The Bertz CT molecular complexity index is 1960. The number of rotatable bonds is 8. The summed E-state index contributed by atoms with van der Waals surface area (Å²) in [7, 11) is -0.396. The Balaban J connectivity index is 1.52. The van der Waals surface area contributed by atoms with E-state index in [1.54, 1.807) is 43.3 Å². The Labute approximate surface area is 248 Å². The van der Waals surface area contributed by atoms with Gasteiger partial charge >= 0.3 is 6.09 Å². The van der Waals surface area contributed by atoms with E-state index >= 15 is 0 Å². The summed E-state index contributed by atoms with van der Waals surface area (Å²) < 4.78 is 32.0. The number of aromatic nitrogens is 4. The number of fused-ring (bicyclic) bond motifs is 1. The molecule has 0 saturated carbocycles. The Morgan fingerprint density at radius 3 is 2.44 bits per heavy atom. The molecule has 5 rings (SSSR count). The number of carbonyl (C=O) groups is 2. The predicted octanol–water partition coefficient (Wildman–Crippen LogP) is 4.68. The molecule has 0 aliphatic carbocycles. The van der Waals surface area contributed by atoms with E-state index in [1.165, 1.54) is 18.3 Å². The van der Waals surface area contributed by atoms with Crippen LogP contribution in [0.1, 0.15) is 27.2 Å². The topological polar surface area (TPSA) is 154 Å². The van der Waals surface area contributed by atoms with Crippen LogP contribution >= 0.6 is 0 Å². The summed E-state index contributed by atoms with van der Waals surface area (Å²) in [5, 5.41) is 11.0. The fraction of sp³-hybridized carbons (Fsp3) is 0.167. The summed E-state index contributed by atoms with van der Waals surface area (Å²) in [5.41, 5.74) is 4.33. The minimum absolute atomic E-state index is 0.0513. The van der Waals surface area contributed by atoms with Gasteiger partial charge in [-0.2, -0.15) is 10.1 Å². The molecule has 0 aliphatic rings. The molecule has 0 atom stereocenters. The van der Waals surface area contributed by atoms with Gasteiger partial charge in [-0.05, 0) is 61.4 Å². The number of aldehydes is 1. The molecule has 0 fully saturated rings. The first kappa shape index (κ1) is 29.4. The zero-order chi connectivity index (χ0) is 30.9. The second kappa shape index (κ2) is 11.6. The molecule has 0 aliphatic heterocycles. The van der Waals surface area contributed by atoms with Gasteiger partial charge in [0.1, 0.15) is 18.7 Å². The van der Waals surface area contributed by atoms with Crippen LogP contribution in [0.5, 0.6) is 0 Å². The standard InChI is InChI=1S/C30H29N7O5S/c1-19-5-10-24(16-27(19)43(31,40)41)37(30(39)42-18-22-8-6-21(17-38)7-9-22)29-32-14-13-28(33-29)35(3)23-11-12-25-20(2)36(4)34-26(25)15-23/h5-17H,18H2,1-4H3,(H2,31,40,41). The molecule has 1 amide bonds. The maximum Gasteiger partial charge on any atom is 0.421 e. The van der Waals surface area contributed by atoms with E-state index in [0.717, 1.165) is 33.5 Å². The molecule has 3 aromatic carbocycles. The van der Waals surface area contributed by atoms with Gasteiger partial charge in [-0.3, -0.25) is 9.48 Å². The van der Waals surface area contributed by atoms with Gasteiger partial charge in [0.15, 0.2) is 0 Å². The van der Waals surface area contributed by atoms with Crippen LogP contribution in [-0.2, 0) is 28.4 Å². The average molecular weight is 600 g/mol. The molecule has 2 heterocycles. The third-order valence-corrected chi connectivity index (χ3v) is 8.12. The van der Waals surface area contributed by atoms with Gasteiger partial charge < -0.3 is 9.64 Å². The van der Waals surface area contributed by atoms with Gasteiger partial charge in [0.05, 0.1) is 16.1 Å². The van der Waals surface area contributed by atoms with Crippen molar-refractivity contribution < 1.29 is 22.7 Å². The van der Waals surface area contributed by atoms with Crippen molar-refractivity contribution in [3.05, 3.63) is 95.3 Å². The highest BCUT2D eigenvalue weighted by Crippen LogP contribution is 2.31. The normalized spacial score (nSPS) is 11.4. The molecule has 13 heteroatoms. The second-order valence-electron chi connectivity index (χ2n) is 9.93. The molecular weight excluding hydrogens is 570 g/mol. The van der Waals surface area contributed by atoms with Gasteiger partial charge in [-0.1, -0.05) is 30.3 Å². The molecule has 12 nitrogen and oxygen atoms in total. The molecule has 2 N–H and O–H groups in total. The summed E-state index contributed by atoms with van der Waals surface area (Å²) in [6.45, 7) is 3.47. The van der Waals surface area contributed by atoms with Crippen molar-refractivity contribution in [3.8, 4) is 0 Å². The van der Waals surface area contributed by atoms with Crippen molar-refractivity contribution >= 4 is 56.4 Å². The highest BCUT2D eigenvalue weighted by atomic mass is 32.2. The third kappa shape index (κ3) is 6.08. The van der Waals surface area contributed by atoms with E-state index in [9.17, 15) is 18.0 Å². The zero-order valence-corrected chi connectivity index (χ0v) is 24.7. The number of sulfonamides is 1. The number of anilines is 4. The first-order valence-electron chi connectivity index (χ1n) is 13.1. The number of carbonyl (C=O) groups excluding carboxylic acids is 2. The van der Waals surface area contributed by atoms with Crippen LogP contribution < -0.4 is 14.9 Å². The smallest absolute Gasteiger partial charge is 0.421 e. The largest absolute Gasteiger partial charge is 0.444 e. The molecule has 220 valence electrons. The summed E-state index contributed by atoms with van der Waals surface area (Å²) in [4.78, 5) is 36.3. The SMILES string of the molecule is Cc1ccc(N(C(=O)OCc2ccc(C=O)cc2)c2nccc(N(C)c3ccc4c(C)n(C)nc4c3)n2)cc1S(N)(=O)=O. The maximum absolute atomic E-state index is 13.6. The van der Waals surface area contributed by atoms with Gasteiger partial charge in [0, 0.05) is 42.6 Å². The Kier molecular flexibility index (Phi) is 7.93. The molecule has 43 heavy (non-hydrogen) atoms. The number of amides is 1. The quantitative estimate of drug-likeness (QED) is 0.250. The van der Waals surface area contributed by atoms with Crippen molar-refractivity contribution in [2.24, 2.45) is 12.2 Å². The number of ether oxygens (including phenoxy) is 1. The molecule has 5 aromatic rings. The molecule has 0 radical (unpaired) electrons. The van der Waals surface area contributed by atoms with Crippen LogP contribution in [0.3, 0.4) is 0 Å². The van der Waals surface area contributed by atoms with Crippen molar-refractivity contribution in [2.75, 3.05) is 16.8 Å². The fourth-order valence-electron chi connectivity index (χ4n) is 4.53. The molecule has 0 unspecified atom stereocenters. The Morgan fingerprint density at radius 2 is 1.74 bits per heavy atom. The minimum atomic E-state index is -4.10. The van der Waals surface area contributed by atoms with Crippen LogP contribution in [0.4, 0.5) is 27.9 Å². The lowest BCUT2D eigenvalue weighted by Crippen LogP contribution is -2.29. The monoisotopic (exact) mass is 599 g/mol. The summed E-state index contributed by atoms with van der Waals surface area (Å²) in [5.74, 6) is 0.405. The predicted molar refractivity (Wildman–Crippen MR) is 162 cm³/mol. The fourth-order valence-corrected chi connectivity index (χ4v) is 5.34. The molecule has 0 bridgehead atoms. The number of hydrogen-bond donors (Lipinski definition) is 1. The summed E-state index contributed by atoms with van der Waals surface area (Å²) in [6, 6.07) is 18.5. The Hall–Kier alpha value is -5.14. The number of benzene rings is 3. The third-order valence-electron chi connectivity index (χ3n) is 7.07. The highest BCUT2D eigenvalue weighted by Gasteiger charge is 2.26. The molecule has 0 saturated heterocycles. The lowest BCUT2D eigenvalue weighted by atomic mass is 10.2. The molecule has 0 spiro atoms. The highest BCUT2D eigenvalue weighted by molar-refractivity contribution is 7.89. The first-order valence-corrected chi connectivity index (χ1v) is 14.7. The number of nitrogens with zero attached hydrogens (tertiary/aromatic N) is 6. The Morgan fingerprint density at radius 1 is 1.02 bits per heavy atom. The second-order valence-corrected chi connectivity index (χ2v) is 11.5. The van der Waals surface area contributed by atoms with Crippen LogP contribution in [0.15, 0.2) is 77.8 Å². The van der Waals surface area contributed by atoms with Crippen molar-refractivity contribution in [1.29, 1.82) is 0 Å². The number of nitrogens with two attached hydrogens (primary N) is 1. The van der Waals surface area contributed by atoms with Gasteiger partial charge in [0.2, 0.25) is 16.0 Å². The first-order chi connectivity index (χ1) is 20.5. The molecular formula is C30H29N7O5S.